The predicted molar refractivity (Wildman–Crippen MR) is 184 cm³/mol. The van der Waals surface area contributed by atoms with Gasteiger partial charge in [0.1, 0.15) is 22.2 Å². The van der Waals surface area contributed by atoms with Gasteiger partial charge in [-0.2, -0.15) is 0 Å². The first-order valence-corrected chi connectivity index (χ1v) is 18.2. The van der Waals surface area contributed by atoms with Gasteiger partial charge in [0.05, 0.1) is 31.5 Å². The molecule has 0 saturated carbocycles. The summed E-state index contributed by atoms with van der Waals surface area (Å²) in [5.41, 5.74) is -0.0529. The van der Waals surface area contributed by atoms with Gasteiger partial charge in [0.25, 0.3) is 21.8 Å². The first-order chi connectivity index (χ1) is 24.0. The topological polar surface area (TPSA) is 134 Å². The van der Waals surface area contributed by atoms with Crippen LogP contribution >= 0.6 is 11.6 Å². The van der Waals surface area contributed by atoms with Gasteiger partial charge in [-0.25, -0.2) is 27.1 Å². The maximum absolute atomic E-state index is 15.3. The quantitative estimate of drug-likeness (QED) is 0.309. The van der Waals surface area contributed by atoms with Gasteiger partial charge in [-0.15, -0.1) is 0 Å². The van der Waals surface area contributed by atoms with E-state index in [0.717, 1.165) is 51.2 Å². The molecule has 1 atom stereocenters. The summed E-state index contributed by atoms with van der Waals surface area (Å²) in [5, 5.41) is 1.32. The highest BCUT2D eigenvalue weighted by Gasteiger charge is 2.63. The van der Waals surface area contributed by atoms with Crippen LogP contribution in [0.4, 0.5) is 10.1 Å². The van der Waals surface area contributed by atoms with E-state index in [-0.39, 0.29) is 35.1 Å². The third-order valence-electron chi connectivity index (χ3n) is 9.63. The van der Waals surface area contributed by atoms with E-state index in [0.29, 0.717) is 29.2 Å². The van der Waals surface area contributed by atoms with E-state index >= 15 is 9.18 Å². The Morgan fingerprint density at radius 2 is 1.76 bits per heavy atom. The lowest BCUT2D eigenvalue weighted by Gasteiger charge is -2.42. The van der Waals surface area contributed by atoms with Gasteiger partial charge < -0.3 is 19.1 Å². The Balaban J connectivity index is 1.46. The first kappa shape index (κ1) is 35.8. The second-order valence-corrected chi connectivity index (χ2v) is 14.6. The fourth-order valence-corrected chi connectivity index (χ4v) is 8.76. The van der Waals surface area contributed by atoms with Crippen molar-refractivity contribution in [3.63, 3.8) is 0 Å². The van der Waals surface area contributed by atoms with Crippen molar-refractivity contribution in [1.29, 1.82) is 0 Å². The number of anilines is 1. The Morgan fingerprint density at radius 1 is 1.04 bits per heavy atom. The van der Waals surface area contributed by atoms with Crippen LogP contribution in [0.2, 0.25) is 5.02 Å². The highest BCUT2D eigenvalue weighted by Crippen LogP contribution is 2.52. The molecule has 268 valence electrons. The Bertz CT molecular complexity index is 1890. The van der Waals surface area contributed by atoms with Gasteiger partial charge in [0.15, 0.2) is 5.41 Å². The zero-order valence-electron chi connectivity index (χ0n) is 28.3. The fourth-order valence-electron chi connectivity index (χ4n) is 6.99. The number of hydrogen-bond donors (Lipinski definition) is 1. The van der Waals surface area contributed by atoms with E-state index in [1.54, 1.807) is 11.9 Å². The van der Waals surface area contributed by atoms with Crippen molar-refractivity contribution in [3.8, 4) is 17.4 Å². The van der Waals surface area contributed by atoms with Crippen molar-refractivity contribution in [2.24, 2.45) is 0 Å². The van der Waals surface area contributed by atoms with Crippen molar-refractivity contribution < 1.29 is 36.6 Å². The number of ether oxygens (including phenoxy) is 3. The average molecular weight is 731 g/mol. The van der Waals surface area contributed by atoms with E-state index in [4.69, 9.17) is 25.8 Å². The molecule has 0 radical (unpaired) electrons. The molecule has 1 unspecified atom stereocenters. The number of carbonyl (C=O) groups is 2. The number of aromatic nitrogens is 1. The van der Waals surface area contributed by atoms with Crippen LogP contribution < -0.4 is 23.9 Å². The minimum Gasteiger partial charge on any atom is -0.497 e. The van der Waals surface area contributed by atoms with Crippen LogP contribution in [0.3, 0.4) is 0 Å². The number of benzene rings is 2. The first-order valence-electron chi connectivity index (χ1n) is 16.4. The van der Waals surface area contributed by atoms with Crippen molar-refractivity contribution >= 4 is 39.1 Å². The van der Waals surface area contributed by atoms with Gasteiger partial charge >= 0.3 is 0 Å². The third kappa shape index (κ3) is 6.15. The molecular weight excluding hydrogens is 691 g/mol. The molecule has 50 heavy (non-hydrogen) atoms. The van der Waals surface area contributed by atoms with E-state index in [9.17, 15) is 13.2 Å². The van der Waals surface area contributed by atoms with Crippen molar-refractivity contribution in [2.75, 3.05) is 71.4 Å². The fraction of sp³-hybridized carbons (Fsp3) is 0.441. The van der Waals surface area contributed by atoms with Crippen LogP contribution in [0.25, 0.3) is 0 Å². The summed E-state index contributed by atoms with van der Waals surface area (Å²) in [4.78, 5) is 38.7. The molecule has 0 aliphatic carbocycles. The average Bonchev–Trinajstić information content (AvgIpc) is 3.37. The van der Waals surface area contributed by atoms with Crippen LogP contribution in [0.1, 0.15) is 30.9 Å². The number of nitrogens with one attached hydrogen (secondary N) is 1. The van der Waals surface area contributed by atoms with E-state index in [2.05, 4.69) is 27.3 Å². The molecule has 1 N–H and O–H groups in total. The highest BCUT2D eigenvalue weighted by molar-refractivity contribution is 7.93. The van der Waals surface area contributed by atoms with Gasteiger partial charge in [-0.05, 0) is 51.1 Å². The number of methoxy groups -OCH3 is 2. The van der Waals surface area contributed by atoms with Gasteiger partial charge in [0.2, 0.25) is 5.88 Å². The zero-order valence-corrected chi connectivity index (χ0v) is 29.9. The summed E-state index contributed by atoms with van der Waals surface area (Å²) < 4.78 is 61.3. The molecule has 2 amide bonds. The van der Waals surface area contributed by atoms with Crippen LogP contribution in [0.5, 0.6) is 17.4 Å². The van der Waals surface area contributed by atoms with Crippen molar-refractivity contribution in [2.45, 2.75) is 36.1 Å². The number of amides is 2. The van der Waals surface area contributed by atoms with E-state index in [1.807, 2.05) is 0 Å². The number of hydrazine groups is 1. The molecule has 2 fully saturated rings. The Morgan fingerprint density at radius 3 is 2.42 bits per heavy atom. The number of carbonyl (C=O) groups excluding carboxylic acids is 2. The summed E-state index contributed by atoms with van der Waals surface area (Å²) in [5.74, 6) is -2.94. The second-order valence-electron chi connectivity index (χ2n) is 12.4. The van der Waals surface area contributed by atoms with Crippen molar-refractivity contribution in [3.05, 3.63) is 70.6 Å². The molecule has 2 saturated heterocycles. The number of rotatable bonds is 10. The lowest BCUT2D eigenvalue weighted by molar-refractivity contribution is -0.137. The van der Waals surface area contributed by atoms with Crippen LogP contribution in [0, 0.1) is 5.82 Å². The van der Waals surface area contributed by atoms with Crippen LogP contribution in [-0.4, -0.2) is 113 Å². The molecule has 3 aromatic rings. The number of nitrogens with zero attached hydrogens (tertiary/aromatic N) is 5. The van der Waals surface area contributed by atoms with E-state index in [1.165, 1.54) is 50.7 Å². The highest BCUT2D eigenvalue weighted by atomic mass is 35.5. The number of piperazine rings is 1. The third-order valence-corrected chi connectivity index (χ3v) is 11.7. The molecule has 0 spiro atoms. The monoisotopic (exact) mass is 730 g/mol. The van der Waals surface area contributed by atoms with Crippen molar-refractivity contribution in [1.82, 2.24) is 25.2 Å². The Kier molecular flexibility index (Phi) is 10.2. The summed E-state index contributed by atoms with van der Waals surface area (Å²) in [6, 6.07) is 9.23. The maximum atomic E-state index is 15.3. The SMILES string of the molecule is CCOc1ncccc1C1(C(=O)NN2CCC(N3CCN(C)CC3)CC2)C(=O)N(S(=O)(=O)c2ccc(OC)cc2OC)c2cc(F)c(Cl)cc21. The van der Waals surface area contributed by atoms with Crippen LogP contribution in [-0.2, 0) is 25.0 Å². The van der Waals surface area contributed by atoms with Gasteiger partial charge in [-0.1, -0.05) is 17.7 Å². The number of halogens is 2. The number of pyridine rings is 1. The maximum Gasteiger partial charge on any atom is 0.274 e. The number of fused-ring (bicyclic) bond motifs is 1. The molecular formula is C34H40ClFN6O7S. The minimum atomic E-state index is -4.86. The number of likely N-dealkylation sites (N-methyl/N-ethyl adjacent to an activating group) is 1. The molecule has 3 aliphatic heterocycles. The predicted octanol–water partition coefficient (Wildman–Crippen LogP) is 3.05. The Hall–Kier alpha value is -4.02. The molecule has 3 aliphatic rings. The summed E-state index contributed by atoms with van der Waals surface area (Å²) >= 11 is 6.33. The van der Waals surface area contributed by atoms with Crippen LogP contribution in [0.15, 0.2) is 53.6 Å². The summed E-state index contributed by atoms with van der Waals surface area (Å²) in [7, 11) is -0.0881. The lowest BCUT2D eigenvalue weighted by atomic mass is 9.74. The molecule has 4 heterocycles. The van der Waals surface area contributed by atoms with Gasteiger partial charge in [-0.3, -0.25) is 19.9 Å². The standard InChI is InChI=1S/C34H40ClFN6O7S/c1-5-49-31-24(7-6-12-37-31)34(32(43)38-41-13-10-22(11-14-41)40-17-15-39(2)16-18-40)25-20-26(35)27(36)21-28(25)42(33(34)44)50(45,46)30-9-8-23(47-3)19-29(30)48-4/h6-9,12,19-22H,5,10-11,13-18H2,1-4H3,(H,38,43). The normalized spacial score (nSPS) is 20.8. The Labute approximate surface area is 295 Å². The minimum absolute atomic E-state index is 0.0278. The van der Waals surface area contributed by atoms with E-state index < -0.39 is 43.0 Å². The summed E-state index contributed by atoms with van der Waals surface area (Å²) in [6.07, 6.45) is 2.97. The number of sulfonamides is 1. The molecule has 13 nitrogen and oxygen atoms in total. The smallest absolute Gasteiger partial charge is 0.274 e. The molecule has 1 aromatic heterocycles. The number of hydrogen-bond acceptors (Lipinski definition) is 11. The second kappa shape index (κ2) is 14.3. The molecule has 2 aromatic carbocycles. The lowest BCUT2D eigenvalue weighted by Crippen LogP contribution is -2.59. The largest absolute Gasteiger partial charge is 0.497 e. The number of piperidine rings is 1. The van der Waals surface area contributed by atoms with Gasteiger partial charge in [0, 0.05) is 74.8 Å². The summed E-state index contributed by atoms with van der Waals surface area (Å²) in [6.45, 7) is 6.70. The molecule has 6 rings (SSSR count). The zero-order chi connectivity index (χ0) is 35.8. The molecule has 0 bridgehead atoms. The molecule has 16 heteroatoms.